The van der Waals surface area contributed by atoms with E-state index >= 15 is 0 Å². The highest BCUT2D eigenvalue weighted by Crippen LogP contribution is 2.37. The predicted octanol–water partition coefficient (Wildman–Crippen LogP) is 6.11. The van der Waals surface area contributed by atoms with Crippen LogP contribution in [0.2, 0.25) is 0 Å². The summed E-state index contributed by atoms with van der Waals surface area (Å²) in [6.07, 6.45) is -2.18. The molecule has 0 aromatic heterocycles. The van der Waals surface area contributed by atoms with E-state index in [9.17, 15) is 0 Å². The first-order valence-electron chi connectivity index (χ1n) is 13.4. The van der Waals surface area contributed by atoms with Gasteiger partial charge in [0.15, 0.2) is 12.6 Å². The van der Waals surface area contributed by atoms with Gasteiger partial charge in [-0.2, -0.15) is 0 Å². The van der Waals surface area contributed by atoms with Crippen molar-refractivity contribution in [1.82, 2.24) is 0 Å². The Morgan fingerprint density at radius 1 is 0.641 bits per heavy atom. The maximum absolute atomic E-state index is 6.69. The standard InChI is InChI=1S/C33H33NO5/c1-5-13-24(14-6-1)21-35-31-29(34-27-19-11-4-12-20-27)33(36-22-25-15-7-2-8-16-25)38-28-23-37-32(39-30(28)31)26-17-9-3-10-18-26/h1-20,28-34H,21-23H2/t28-,29-,30-,31-,32?,33+/m1/s1. The lowest BCUT2D eigenvalue weighted by Crippen LogP contribution is -2.65. The normalized spacial score (nSPS) is 26.5. The van der Waals surface area contributed by atoms with E-state index in [1.807, 2.05) is 109 Å². The Balaban J connectivity index is 1.30. The molecule has 6 heteroatoms. The van der Waals surface area contributed by atoms with Crippen LogP contribution < -0.4 is 5.32 Å². The van der Waals surface area contributed by atoms with Gasteiger partial charge < -0.3 is 29.0 Å². The summed E-state index contributed by atoms with van der Waals surface area (Å²) in [5, 5.41) is 3.65. The van der Waals surface area contributed by atoms with E-state index in [1.54, 1.807) is 0 Å². The van der Waals surface area contributed by atoms with Crippen molar-refractivity contribution < 1.29 is 23.7 Å². The second-order valence-electron chi connectivity index (χ2n) is 9.81. The van der Waals surface area contributed by atoms with Gasteiger partial charge in [-0.1, -0.05) is 109 Å². The van der Waals surface area contributed by atoms with Gasteiger partial charge >= 0.3 is 0 Å². The monoisotopic (exact) mass is 523 g/mol. The lowest BCUT2D eigenvalue weighted by molar-refractivity contribution is -0.346. The SMILES string of the molecule is c1ccc(CO[C@H]2O[C@@H]3COC(c4ccccc4)O[C@H]3[C@H](OCc3ccccc3)[C@H]2Nc2ccccc2)cc1. The minimum absolute atomic E-state index is 0.337. The van der Waals surface area contributed by atoms with Gasteiger partial charge in [0.25, 0.3) is 0 Å². The van der Waals surface area contributed by atoms with Crippen molar-refractivity contribution in [2.24, 2.45) is 0 Å². The second-order valence-corrected chi connectivity index (χ2v) is 9.81. The van der Waals surface area contributed by atoms with Crippen molar-refractivity contribution in [1.29, 1.82) is 0 Å². The average Bonchev–Trinajstić information content (AvgIpc) is 3.01. The van der Waals surface area contributed by atoms with Crippen LogP contribution in [0, 0.1) is 0 Å². The molecule has 39 heavy (non-hydrogen) atoms. The van der Waals surface area contributed by atoms with E-state index in [1.165, 1.54) is 0 Å². The van der Waals surface area contributed by atoms with Gasteiger partial charge in [-0.05, 0) is 23.3 Å². The first-order chi connectivity index (χ1) is 19.3. The summed E-state index contributed by atoms with van der Waals surface area (Å²) in [7, 11) is 0. The number of hydrogen-bond acceptors (Lipinski definition) is 6. The van der Waals surface area contributed by atoms with E-state index in [-0.39, 0.29) is 24.4 Å². The molecule has 6 rings (SSSR count). The summed E-state index contributed by atoms with van der Waals surface area (Å²) in [5.41, 5.74) is 4.08. The number of rotatable bonds is 9. The quantitative estimate of drug-likeness (QED) is 0.286. The van der Waals surface area contributed by atoms with Crippen LogP contribution in [-0.4, -0.2) is 37.3 Å². The molecule has 1 unspecified atom stereocenters. The third-order valence-corrected chi connectivity index (χ3v) is 7.06. The molecule has 6 atom stereocenters. The Hall–Kier alpha value is -3.52. The number of hydrogen-bond donors (Lipinski definition) is 1. The van der Waals surface area contributed by atoms with E-state index in [0.29, 0.717) is 19.8 Å². The van der Waals surface area contributed by atoms with Crippen molar-refractivity contribution in [2.45, 2.75) is 50.1 Å². The Morgan fingerprint density at radius 2 is 1.21 bits per heavy atom. The molecule has 4 aromatic rings. The third-order valence-electron chi connectivity index (χ3n) is 7.06. The predicted molar refractivity (Wildman–Crippen MR) is 149 cm³/mol. The van der Waals surface area contributed by atoms with E-state index in [2.05, 4.69) is 17.4 Å². The maximum atomic E-state index is 6.69. The summed E-state index contributed by atoms with van der Waals surface area (Å²) >= 11 is 0. The zero-order chi connectivity index (χ0) is 26.3. The van der Waals surface area contributed by atoms with Crippen LogP contribution in [0.4, 0.5) is 5.69 Å². The summed E-state index contributed by atoms with van der Waals surface area (Å²) < 4.78 is 32.4. The molecule has 0 radical (unpaired) electrons. The molecule has 2 aliphatic heterocycles. The molecular weight excluding hydrogens is 490 g/mol. The highest BCUT2D eigenvalue weighted by Gasteiger charge is 2.51. The highest BCUT2D eigenvalue weighted by molar-refractivity contribution is 5.44. The molecule has 0 spiro atoms. The first kappa shape index (κ1) is 25.7. The fourth-order valence-electron chi connectivity index (χ4n) is 5.09. The van der Waals surface area contributed by atoms with E-state index < -0.39 is 12.6 Å². The van der Waals surface area contributed by atoms with Gasteiger partial charge in [-0.25, -0.2) is 0 Å². The van der Waals surface area contributed by atoms with Crippen LogP contribution in [0.25, 0.3) is 0 Å². The molecule has 6 nitrogen and oxygen atoms in total. The van der Waals surface area contributed by atoms with Crippen molar-refractivity contribution in [3.8, 4) is 0 Å². The zero-order valence-corrected chi connectivity index (χ0v) is 21.7. The number of benzene rings is 4. The lowest BCUT2D eigenvalue weighted by Gasteiger charge is -2.49. The van der Waals surface area contributed by atoms with E-state index in [0.717, 1.165) is 22.4 Å². The minimum Gasteiger partial charge on any atom is -0.375 e. The summed E-state index contributed by atoms with van der Waals surface area (Å²) in [6.45, 7) is 1.22. The Morgan fingerprint density at radius 3 is 1.85 bits per heavy atom. The van der Waals surface area contributed by atoms with Crippen LogP contribution in [0.3, 0.4) is 0 Å². The van der Waals surface area contributed by atoms with Gasteiger partial charge in [0.1, 0.15) is 24.4 Å². The molecule has 2 fully saturated rings. The number of para-hydroxylation sites is 1. The minimum atomic E-state index is -0.590. The Labute approximate surface area is 229 Å². The molecule has 4 aromatic carbocycles. The summed E-state index contributed by atoms with van der Waals surface area (Å²) in [5.74, 6) is 0. The average molecular weight is 524 g/mol. The van der Waals surface area contributed by atoms with Crippen LogP contribution >= 0.6 is 0 Å². The molecule has 0 amide bonds. The van der Waals surface area contributed by atoms with Crippen molar-refractivity contribution >= 4 is 5.69 Å². The number of nitrogens with one attached hydrogen (secondary N) is 1. The Kier molecular flexibility index (Phi) is 8.29. The largest absolute Gasteiger partial charge is 0.375 e. The van der Waals surface area contributed by atoms with Crippen molar-refractivity contribution in [3.63, 3.8) is 0 Å². The van der Waals surface area contributed by atoms with Crippen LogP contribution in [0.5, 0.6) is 0 Å². The maximum Gasteiger partial charge on any atom is 0.184 e. The fraction of sp³-hybridized carbons (Fsp3) is 0.273. The van der Waals surface area contributed by atoms with Crippen molar-refractivity contribution in [3.05, 3.63) is 138 Å². The zero-order valence-electron chi connectivity index (χ0n) is 21.7. The second kappa shape index (κ2) is 12.6. The van der Waals surface area contributed by atoms with Crippen LogP contribution in [-0.2, 0) is 36.9 Å². The van der Waals surface area contributed by atoms with Gasteiger partial charge in [-0.3, -0.25) is 0 Å². The molecule has 0 aliphatic carbocycles. The molecule has 0 saturated carbocycles. The van der Waals surface area contributed by atoms with Crippen molar-refractivity contribution in [2.75, 3.05) is 11.9 Å². The first-order valence-corrected chi connectivity index (χ1v) is 13.4. The number of ether oxygens (including phenoxy) is 5. The molecule has 1 N–H and O–H groups in total. The Bertz CT molecular complexity index is 1270. The van der Waals surface area contributed by atoms with Crippen LogP contribution in [0.1, 0.15) is 23.0 Å². The number of fused-ring (bicyclic) bond motifs is 1. The van der Waals surface area contributed by atoms with Gasteiger partial charge in [0, 0.05) is 11.3 Å². The molecule has 0 bridgehead atoms. The molecule has 2 saturated heterocycles. The van der Waals surface area contributed by atoms with Gasteiger partial charge in [-0.15, -0.1) is 0 Å². The third kappa shape index (κ3) is 6.38. The summed E-state index contributed by atoms with van der Waals surface area (Å²) in [4.78, 5) is 0. The lowest BCUT2D eigenvalue weighted by atomic mass is 9.95. The van der Waals surface area contributed by atoms with Crippen LogP contribution in [0.15, 0.2) is 121 Å². The molecule has 200 valence electrons. The summed E-state index contributed by atoms with van der Waals surface area (Å²) in [6, 6.07) is 40.0. The van der Waals surface area contributed by atoms with E-state index in [4.69, 9.17) is 23.7 Å². The molecular formula is C33H33NO5. The highest BCUT2D eigenvalue weighted by atomic mass is 16.7. The molecule has 2 heterocycles. The molecule has 2 aliphatic rings. The topological polar surface area (TPSA) is 58.2 Å². The van der Waals surface area contributed by atoms with Gasteiger partial charge in [0.2, 0.25) is 0 Å². The smallest absolute Gasteiger partial charge is 0.184 e. The number of anilines is 1. The fourth-order valence-corrected chi connectivity index (χ4v) is 5.09. The van der Waals surface area contributed by atoms with Gasteiger partial charge in [0.05, 0.1) is 19.8 Å².